The van der Waals surface area contributed by atoms with E-state index in [0.717, 1.165) is 0 Å². The predicted octanol–water partition coefficient (Wildman–Crippen LogP) is 3.55. The van der Waals surface area contributed by atoms with Crippen molar-refractivity contribution in [3.63, 3.8) is 0 Å². The summed E-state index contributed by atoms with van der Waals surface area (Å²) in [4.78, 5) is 31.6. The molecule has 0 saturated carbocycles. The normalized spacial score (nSPS) is 16.3. The highest BCUT2D eigenvalue weighted by atomic mass is 16.5. The van der Waals surface area contributed by atoms with Crippen molar-refractivity contribution in [1.29, 1.82) is 0 Å². The van der Waals surface area contributed by atoms with Crippen LogP contribution in [0.15, 0.2) is 83.2 Å². The number of furan rings is 1. The van der Waals surface area contributed by atoms with E-state index in [4.69, 9.17) is 9.15 Å². The fourth-order valence-corrected chi connectivity index (χ4v) is 3.83. The molecule has 1 unspecified atom stereocenters. The highest BCUT2D eigenvalue weighted by molar-refractivity contribution is 6.14. The van der Waals surface area contributed by atoms with Crippen molar-refractivity contribution in [2.24, 2.45) is 0 Å². The zero-order valence-electron chi connectivity index (χ0n) is 17.5. The quantitative estimate of drug-likeness (QED) is 0.518. The Hall–Kier alpha value is -4.07. The first-order chi connectivity index (χ1) is 15.6. The predicted molar refractivity (Wildman–Crippen MR) is 117 cm³/mol. The summed E-state index contributed by atoms with van der Waals surface area (Å²) in [6.45, 7) is 0.979. The summed E-state index contributed by atoms with van der Waals surface area (Å²) >= 11 is 0. The van der Waals surface area contributed by atoms with E-state index in [1.165, 1.54) is 30.4 Å². The molecular formula is C24H23N3O5. The number of hydrogen-bond donors (Lipinski definition) is 1. The lowest BCUT2D eigenvalue weighted by molar-refractivity contribution is -0.129. The van der Waals surface area contributed by atoms with Crippen LogP contribution in [0.1, 0.15) is 23.8 Å². The zero-order chi connectivity index (χ0) is 22.5. The Morgan fingerprint density at radius 1 is 1.25 bits per heavy atom. The summed E-state index contributed by atoms with van der Waals surface area (Å²) in [5.41, 5.74) is 0.648. The smallest absolute Gasteiger partial charge is 0.290 e. The van der Waals surface area contributed by atoms with Crippen molar-refractivity contribution in [2.75, 3.05) is 13.7 Å². The van der Waals surface area contributed by atoms with E-state index in [1.54, 1.807) is 36.8 Å². The van der Waals surface area contributed by atoms with Gasteiger partial charge < -0.3 is 23.7 Å². The second-order valence-electron chi connectivity index (χ2n) is 7.27. The van der Waals surface area contributed by atoms with Crippen LogP contribution in [0.25, 0.3) is 6.08 Å². The summed E-state index contributed by atoms with van der Waals surface area (Å²) in [6.07, 6.45) is 10.2. The molecule has 0 fully saturated rings. The highest BCUT2D eigenvalue weighted by Crippen LogP contribution is 2.41. The van der Waals surface area contributed by atoms with Crippen LogP contribution < -0.4 is 4.74 Å². The number of aliphatic hydroxyl groups excluding tert-OH is 1. The molecule has 2 aromatic heterocycles. The molecule has 4 rings (SSSR count). The van der Waals surface area contributed by atoms with Gasteiger partial charge in [0.15, 0.2) is 11.5 Å². The number of imidazole rings is 1. The monoisotopic (exact) mass is 433 g/mol. The first kappa shape index (κ1) is 21.2. The molecule has 32 heavy (non-hydrogen) atoms. The van der Waals surface area contributed by atoms with E-state index >= 15 is 0 Å². The van der Waals surface area contributed by atoms with Crippen LogP contribution in [0.3, 0.4) is 0 Å². The van der Waals surface area contributed by atoms with Gasteiger partial charge >= 0.3 is 0 Å². The number of methoxy groups -OCH3 is 1. The van der Waals surface area contributed by atoms with Crippen molar-refractivity contribution in [1.82, 2.24) is 14.5 Å². The largest absolute Gasteiger partial charge is 0.503 e. The SMILES string of the molecule is COc1ccccc1C1C(C(=O)C=Cc2ccco2)=C(O)C(=O)N1CCCn1ccnc1. The van der Waals surface area contributed by atoms with Gasteiger partial charge in [0.05, 0.1) is 31.3 Å². The average Bonchev–Trinajstić information content (AvgIpc) is 3.56. The summed E-state index contributed by atoms with van der Waals surface area (Å²) in [5.74, 6) is -0.576. The fraction of sp³-hybridized carbons (Fsp3) is 0.208. The van der Waals surface area contributed by atoms with Gasteiger partial charge in [-0.2, -0.15) is 0 Å². The van der Waals surface area contributed by atoms with Gasteiger partial charge in [-0.05, 0) is 36.8 Å². The van der Waals surface area contributed by atoms with Gasteiger partial charge in [-0.1, -0.05) is 18.2 Å². The maximum Gasteiger partial charge on any atom is 0.290 e. The summed E-state index contributed by atoms with van der Waals surface area (Å²) in [7, 11) is 1.53. The number of benzene rings is 1. The zero-order valence-corrected chi connectivity index (χ0v) is 17.5. The molecule has 8 heteroatoms. The van der Waals surface area contributed by atoms with Crippen LogP contribution in [0.2, 0.25) is 0 Å². The second kappa shape index (κ2) is 9.38. The van der Waals surface area contributed by atoms with Gasteiger partial charge in [-0.3, -0.25) is 9.59 Å². The summed E-state index contributed by atoms with van der Waals surface area (Å²) in [5, 5.41) is 10.7. The number of hydrogen-bond acceptors (Lipinski definition) is 6. The summed E-state index contributed by atoms with van der Waals surface area (Å²) in [6, 6.07) is 9.82. The minimum atomic E-state index is -0.768. The van der Waals surface area contributed by atoms with E-state index in [2.05, 4.69) is 4.98 Å². The van der Waals surface area contributed by atoms with E-state index in [-0.39, 0.29) is 5.57 Å². The van der Waals surface area contributed by atoms with Crippen LogP contribution in [0.5, 0.6) is 5.75 Å². The second-order valence-corrected chi connectivity index (χ2v) is 7.27. The maximum absolute atomic E-state index is 13.1. The molecule has 0 spiro atoms. The molecule has 1 aliphatic heterocycles. The van der Waals surface area contributed by atoms with Crippen LogP contribution >= 0.6 is 0 Å². The van der Waals surface area contributed by atoms with Crippen molar-refractivity contribution in [3.05, 3.63) is 90.1 Å². The number of carbonyl (C=O) groups is 2. The number of para-hydroxylation sites is 1. The van der Waals surface area contributed by atoms with Crippen molar-refractivity contribution in [2.45, 2.75) is 19.0 Å². The van der Waals surface area contributed by atoms with Crippen molar-refractivity contribution >= 4 is 17.8 Å². The number of ketones is 1. The van der Waals surface area contributed by atoms with Crippen LogP contribution in [0, 0.1) is 0 Å². The minimum absolute atomic E-state index is 0.0185. The van der Waals surface area contributed by atoms with Crippen molar-refractivity contribution in [3.8, 4) is 5.75 Å². The number of amides is 1. The van der Waals surface area contributed by atoms with E-state index in [9.17, 15) is 14.7 Å². The van der Waals surface area contributed by atoms with Crippen LogP contribution in [-0.2, 0) is 16.1 Å². The molecule has 0 aliphatic carbocycles. The van der Waals surface area contributed by atoms with E-state index < -0.39 is 23.5 Å². The Balaban J connectivity index is 1.66. The molecule has 0 bridgehead atoms. The molecule has 0 radical (unpaired) electrons. The van der Waals surface area contributed by atoms with Gasteiger partial charge in [0, 0.05) is 31.0 Å². The molecule has 3 heterocycles. The van der Waals surface area contributed by atoms with Gasteiger partial charge in [0.1, 0.15) is 11.5 Å². The Labute approximate surface area is 185 Å². The average molecular weight is 433 g/mol. The number of rotatable bonds is 9. The van der Waals surface area contributed by atoms with Crippen molar-refractivity contribution < 1.29 is 23.8 Å². The number of nitrogens with zero attached hydrogens (tertiary/aromatic N) is 3. The van der Waals surface area contributed by atoms with Gasteiger partial charge in [-0.15, -0.1) is 0 Å². The number of aliphatic hydroxyl groups is 1. The first-order valence-corrected chi connectivity index (χ1v) is 10.2. The third-order valence-electron chi connectivity index (χ3n) is 5.32. The molecule has 8 nitrogen and oxygen atoms in total. The number of aryl methyl sites for hydroxylation is 1. The van der Waals surface area contributed by atoms with E-state index in [1.807, 2.05) is 22.9 Å². The van der Waals surface area contributed by atoms with Crippen LogP contribution in [-0.4, -0.2) is 44.9 Å². The Morgan fingerprint density at radius 2 is 2.09 bits per heavy atom. The topological polar surface area (TPSA) is 97.8 Å². The van der Waals surface area contributed by atoms with E-state index in [0.29, 0.717) is 36.6 Å². The Morgan fingerprint density at radius 3 is 2.81 bits per heavy atom. The first-order valence-electron chi connectivity index (χ1n) is 10.2. The Kier molecular flexibility index (Phi) is 6.21. The molecule has 1 amide bonds. The maximum atomic E-state index is 13.1. The Bertz CT molecular complexity index is 1150. The molecule has 1 atom stereocenters. The number of carbonyl (C=O) groups excluding carboxylic acids is 2. The minimum Gasteiger partial charge on any atom is -0.503 e. The lowest BCUT2D eigenvalue weighted by Gasteiger charge is -2.27. The van der Waals surface area contributed by atoms with Gasteiger partial charge in [0.2, 0.25) is 0 Å². The lowest BCUT2D eigenvalue weighted by Crippen LogP contribution is -2.32. The number of allylic oxidation sites excluding steroid dienone is 1. The molecule has 1 aromatic carbocycles. The fourth-order valence-electron chi connectivity index (χ4n) is 3.83. The van der Waals surface area contributed by atoms with Crippen LogP contribution in [0.4, 0.5) is 0 Å². The van der Waals surface area contributed by atoms with Gasteiger partial charge in [-0.25, -0.2) is 4.98 Å². The van der Waals surface area contributed by atoms with Gasteiger partial charge in [0.25, 0.3) is 5.91 Å². The standard InChI is InChI=1S/C24H23N3O5/c1-31-20-8-3-2-7-18(20)22-21(19(28)10-9-17-6-4-15-32-17)23(29)24(30)27(22)13-5-12-26-14-11-25-16-26/h2-4,6-11,14-16,22,29H,5,12-13H2,1H3. The number of ether oxygens (including phenoxy) is 1. The number of aromatic nitrogens is 2. The third kappa shape index (κ3) is 4.20. The molecule has 0 saturated heterocycles. The molecule has 1 N–H and O–H groups in total. The molecule has 1 aliphatic rings. The lowest BCUT2D eigenvalue weighted by atomic mass is 9.95. The highest BCUT2D eigenvalue weighted by Gasteiger charge is 2.43. The molecule has 3 aromatic rings. The third-order valence-corrected chi connectivity index (χ3v) is 5.32. The molecular weight excluding hydrogens is 410 g/mol. The molecule has 164 valence electrons. The summed E-state index contributed by atoms with van der Waals surface area (Å²) < 4.78 is 12.6.